The predicted octanol–water partition coefficient (Wildman–Crippen LogP) is 15.2. The van der Waals surface area contributed by atoms with E-state index in [1.54, 1.807) is 0 Å². The summed E-state index contributed by atoms with van der Waals surface area (Å²) >= 11 is 0. The highest BCUT2D eigenvalue weighted by Crippen LogP contribution is 2.67. The van der Waals surface area contributed by atoms with Crippen molar-refractivity contribution in [2.24, 2.45) is 5.92 Å². The molecule has 3 nitrogen and oxygen atoms in total. The summed E-state index contributed by atoms with van der Waals surface area (Å²) in [7, 11) is 16.3. The molecule has 0 spiro atoms. The minimum atomic E-state index is 0.458. The molecule has 4 aliphatic rings. The van der Waals surface area contributed by atoms with Crippen LogP contribution >= 0.6 is 0 Å². The molecule has 0 unspecified atom stereocenters. The molecule has 0 heterocycles. The topological polar surface area (TPSA) is 0 Å². The lowest BCUT2D eigenvalue weighted by Crippen LogP contribution is -2.84. The van der Waals surface area contributed by atoms with Crippen LogP contribution in [-0.4, -0.2) is 92.0 Å². The molecule has 3 heteroatoms. The van der Waals surface area contributed by atoms with E-state index in [9.17, 15) is 0 Å². The quantitative estimate of drug-likeness (QED) is 0.0439. The first kappa shape index (κ1) is 49.2. The first-order chi connectivity index (χ1) is 26.3. The Morgan fingerprint density at radius 1 is 0.291 bits per heavy atom. The van der Waals surface area contributed by atoms with Crippen LogP contribution in [0.2, 0.25) is 0 Å². The maximum Gasteiger partial charge on any atom is 0.111 e. The molecule has 0 amide bonds. The van der Waals surface area contributed by atoms with E-state index in [-0.39, 0.29) is 0 Å². The summed E-state index contributed by atoms with van der Waals surface area (Å²) in [5.74, 6) is 0.927. The van der Waals surface area contributed by atoms with E-state index in [1.807, 2.05) is 0 Å². The highest BCUT2D eigenvalue weighted by atomic mass is 15.5. The number of nitrogens with zero attached hydrogens (tertiary/aromatic N) is 3. The second-order valence-electron chi connectivity index (χ2n) is 22.5. The van der Waals surface area contributed by atoms with E-state index in [2.05, 4.69) is 63.1 Å². The molecule has 0 aromatic rings. The average Bonchev–Trinajstić information content (AvgIpc) is 3.13. The summed E-state index contributed by atoms with van der Waals surface area (Å²) in [6.07, 6.45) is 52.4. The molecule has 326 valence electrons. The summed E-state index contributed by atoms with van der Waals surface area (Å²) < 4.78 is 3.88. The van der Waals surface area contributed by atoms with Crippen molar-refractivity contribution in [1.82, 2.24) is 0 Å². The van der Waals surface area contributed by atoms with Crippen molar-refractivity contribution in [3.63, 3.8) is 0 Å². The van der Waals surface area contributed by atoms with Crippen molar-refractivity contribution in [3.05, 3.63) is 0 Å². The smallest absolute Gasteiger partial charge is 0.111 e. The van der Waals surface area contributed by atoms with Crippen LogP contribution in [0.4, 0.5) is 0 Å². The molecule has 0 aromatic carbocycles. The number of rotatable bonds is 36. The largest absolute Gasteiger partial charge is 0.323 e. The molecule has 55 heavy (non-hydrogen) atoms. The Bertz CT molecular complexity index is 850. The Morgan fingerprint density at radius 2 is 0.473 bits per heavy atom. The molecule has 4 aliphatic carbocycles. The zero-order valence-corrected chi connectivity index (χ0v) is 40.0. The van der Waals surface area contributed by atoms with Gasteiger partial charge in [-0.1, -0.05) is 175 Å². The molecular weight excluding hydrogens is 667 g/mol. The summed E-state index contributed by atoms with van der Waals surface area (Å²) in [4.78, 5) is 0. The highest BCUT2D eigenvalue weighted by molar-refractivity contribution is 5.17. The molecule has 0 aliphatic heterocycles. The van der Waals surface area contributed by atoms with E-state index in [0.717, 1.165) is 5.92 Å². The van der Waals surface area contributed by atoms with Crippen LogP contribution in [0.3, 0.4) is 0 Å². The number of hydrogen-bond donors (Lipinski definition) is 0. The number of quaternary nitrogens is 3. The average molecular weight is 773 g/mol. The van der Waals surface area contributed by atoms with E-state index in [1.165, 1.54) is 264 Å². The minimum absolute atomic E-state index is 0.458. The molecule has 4 fully saturated rings. The molecule has 0 radical (unpaired) electrons. The Kier molecular flexibility index (Phi) is 22.2. The third-order valence-electron chi connectivity index (χ3n) is 17.0. The predicted molar refractivity (Wildman–Crippen MR) is 246 cm³/mol. The van der Waals surface area contributed by atoms with E-state index >= 15 is 0 Å². The zero-order chi connectivity index (χ0) is 40.2. The molecule has 0 N–H and O–H groups in total. The Morgan fingerprint density at radius 3 is 0.673 bits per heavy atom. The van der Waals surface area contributed by atoms with Crippen LogP contribution in [-0.2, 0) is 0 Å². The van der Waals surface area contributed by atoms with Crippen LogP contribution < -0.4 is 0 Å². The van der Waals surface area contributed by atoms with Crippen LogP contribution in [0.25, 0.3) is 0 Å². The highest BCUT2D eigenvalue weighted by Gasteiger charge is 2.76. The van der Waals surface area contributed by atoms with Crippen molar-refractivity contribution >= 4 is 0 Å². The Balaban J connectivity index is 1.65. The first-order valence-electron chi connectivity index (χ1n) is 25.8. The molecular formula is C52H106N3+3. The standard InChI is InChI=1S/C52H106N3/c1-10-13-16-19-22-25-28-31-34-37-40-53(4,5)50-43-49-44-51(46-50,54(6,7)41-38-35-32-29-26-23-20-17-14-11-2)48-52(45-49,47-50)55(8,9)42-39-36-33-30-27-24-21-18-15-12-3/h49H,10-48H2,1-9H3/q+3. The Hall–Kier alpha value is -0.120. The van der Waals surface area contributed by atoms with E-state index in [4.69, 9.17) is 0 Å². The van der Waals surface area contributed by atoms with Crippen molar-refractivity contribution in [3.8, 4) is 0 Å². The van der Waals surface area contributed by atoms with Gasteiger partial charge in [-0.3, -0.25) is 0 Å². The molecule has 4 rings (SSSR count). The number of unbranched alkanes of at least 4 members (excludes halogenated alkanes) is 27. The maximum atomic E-state index is 2.72. The fraction of sp³-hybridized carbons (Fsp3) is 1.00. The van der Waals surface area contributed by atoms with Gasteiger partial charge in [0.25, 0.3) is 0 Å². The minimum Gasteiger partial charge on any atom is -0.323 e. The van der Waals surface area contributed by atoms with Gasteiger partial charge >= 0.3 is 0 Å². The van der Waals surface area contributed by atoms with Gasteiger partial charge < -0.3 is 13.4 Å². The maximum absolute atomic E-state index is 2.72. The third kappa shape index (κ3) is 14.8. The van der Waals surface area contributed by atoms with E-state index in [0.29, 0.717) is 16.6 Å². The van der Waals surface area contributed by atoms with Crippen LogP contribution in [0, 0.1) is 5.92 Å². The lowest BCUT2D eigenvalue weighted by Gasteiger charge is -2.73. The summed E-state index contributed by atoms with van der Waals surface area (Å²) in [5.41, 5.74) is 1.37. The van der Waals surface area contributed by atoms with Crippen molar-refractivity contribution < 1.29 is 13.4 Å². The van der Waals surface area contributed by atoms with Crippen LogP contribution in [0.1, 0.15) is 252 Å². The molecule has 0 aromatic heterocycles. The van der Waals surface area contributed by atoms with Crippen molar-refractivity contribution in [2.75, 3.05) is 61.9 Å². The second-order valence-corrected chi connectivity index (χ2v) is 22.5. The van der Waals surface area contributed by atoms with E-state index < -0.39 is 0 Å². The molecule has 4 saturated carbocycles. The van der Waals surface area contributed by atoms with Gasteiger partial charge in [-0.05, 0) is 44.4 Å². The fourth-order valence-electron chi connectivity index (χ4n) is 13.0. The van der Waals surface area contributed by atoms with Gasteiger partial charge in [0.15, 0.2) is 0 Å². The Labute approximate surface area is 348 Å². The summed E-state index contributed by atoms with van der Waals surface area (Å²) in [6.45, 7) is 11.2. The zero-order valence-electron chi connectivity index (χ0n) is 40.0. The van der Waals surface area contributed by atoms with Gasteiger partial charge in [-0.2, -0.15) is 0 Å². The van der Waals surface area contributed by atoms with Gasteiger partial charge in [0.1, 0.15) is 16.6 Å². The van der Waals surface area contributed by atoms with Crippen molar-refractivity contribution in [2.45, 2.75) is 269 Å². The van der Waals surface area contributed by atoms with Gasteiger partial charge in [-0.15, -0.1) is 0 Å². The molecule has 4 bridgehead atoms. The monoisotopic (exact) mass is 773 g/mol. The fourth-order valence-corrected chi connectivity index (χ4v) is 13.0. The van der Waals surface area contributed by atoms with Crippen LogP contribution in [0.5, 0.6) is 0 Å². The SMILES string of the molecule is CCCCCCCCCCCC[N+](C)(C)C12CC3CC([N+](C)(C)CCCCCCCCCCCC)(C1)CC([N+](C)(C)CCCCCCCCCCCC)(C3)C2. The second kappa shape index (κ2) is 24.8. The summed E-state index contributed by atoms with van der Waals surface area (Å²) in [6, 6.07) is 0. The van der Waals surface area contributed by atoms with Gasteiger partial charge in [0, 0.05) is 19.3 Å². The third-order valence-corrected chi connectivity index (χ3v) is 17.0. The normalized spacial score (nSPS) is 25.4. The lowest BCUT2D eigenvalue weighted by atomic mass is 9.44. The van der Waals surface area contributed by atoms with Gasteiger partial charge in [0.05, 0.1) is 81.2 Å². The molecule has 0 atom stereocenters. The summed E-state index contributed by atoms with van der Waals surface area (Å²) in [5, 5.41) is 0. The van der Waals surface area contributed by atoms with Gasteiger partial charge in [-0.25, -0.2) is 0 Å². The van der Waals surface area contributed by atoms with Gasteiger partial charge in [0.2, 0.25) is 0 Å². The molecule has 0 saturated heterocycles. The van der Waals surface area contributed by atoms with Crippen LogP contribution in [0.15, 0.2) is 0 Å². The first-order valence-corrected chi connectivity index (χ1v) is 25.8. The van der Waals surface area contributed by atoms with Crippen molar-refractivity contribution in [1.29, 1.82) is 0 Å². The number of hydrogen-bond acceptors (Lipinski definition) is 0. The lowest BCUT2D eigenvalue weighted by molar-refractivity contribution is -1.01.